The monoisotopic (exact) mass is 306 g/mol. The van der Waals surface area contributed by atoms with Crippen LogP contribution in [-0.2, 0) is 6.42 Å². The predicted octanol–water partition coefficient (Wildman–Crippen LogP) is 3.46. The molecule has 0 amide bonds. The third kappa shape index (κ3) is 2.64. The first-order valence-electron chi connectivity index (χ1n) is 6.38. The zero-order valence-electron chi connectivity index (χ0n) is 11.0. The molecule has 1 heterocycles. The van der Waals surface area contributed by atoms with E-state index in [4.69, 9.17) is 22.1 Å². The van der Waals surface area contributed by atoms with Crippen LogP contribution in [0.4, 0.5) is 0 Å². The van der Waals surface area contributed by atoms with Gasteiger partial charge in [0.1, 0.15) is 5.75 Å². The largest absolute Gasteiger partial charge is 0.497 e. The van der Waals surface area contributed by atoms with E-state index >= 15 is 0 Å². The number of methoxy groups -OCH3 is 1. The van der Waals surface area contributed by atoms with Crippen LogP contribution in [0.5, 0.6) is 5.75 Å². The molecule has 3 nitrogen and oxygen atoms in total. The minimum Gasteiger partial charge on any atom is -0.497 e. The fraction of sp³-hybridized carbons (Fsp3) is 0.267. The summed E-state index contributed by atoms with van der Waals surface area (Å²) in [6.07, 6.45) is 2.62. The Bertz CT molecular complexity index is 618. The summed E-state index contributed by atoms with van der Waals surface area (Å²) >= 11 is 7.56. The van der Waals surface area contributed by atoms with Crippen LogP contribution in [0.3, 0.4) is 0 Å². The summed E-state index contributed by atoms with van der Waals surface area (Å²) in [4.78, 5) is 4.32. The molecule has 5 heteroatoms. The number of thioether (sulfide) groups is 1. The van der Waals surface area contributed by atoms with E-state index in [-0.39, 0.29) is 6.04 Å². The smallest absolute Gasteiger partial charge is 0.119 e. The first-order valence-corrected chi connectivity index (χ1v) is 7.64. The topological polar surface area (TPSA) is 48.1 Å². The molecule has 104 valence electrons. The van der Waals surface area contributed by atoms with Crippen molar-refractivity contribution in [3.63, 3.8) is 0 Å². The van der Waals surface area contributed by atoms with Gasteiger partial charge in [0.25, 0.3) is 0 Å². The predicted molar refractivity (Wildman–Crippen MR) is 82.5 cm³/mol. The molecule has 0 fully saturated rings. The summed E-state index contributed by atoms with van der Waals surface area (Å²) in [6.45, 7) is 0. The summed E-state index contributed by atoms with van der Waals surface area (Å²) < 4.78 is 5.27. The van der Waals surface area contributed by atoms with Crippen LogP contribution in [-0.4, -0.2) is 17.3 Å². The van der Waals surface area contributed by atoms with Crippen molar-refractivity contribution in [3.8, 4) is 5.75 Å². The fourth-order valence-corrected chi connectivity index (χ4v) is 3.68. The van der Waals surface area contributed by atoms with E-state index in [0.29, 0.717) is 10.3 Å². The Hall–Kier alpha value is -1.23. The number of benzene rings is 1. The van der Waals surface area contributed by atoms with Crippen molar-refractivity contribution >= 4 is 23.4 Å². The molecular weight excluding hydrogens is 292 g/mol. The summed E-state index contributed by atoms with van der Waals surface area (Å²) in [5.74, 6) is 0.856. The molecule has 2 unspecified atom stereocenters. The van der Waals surface area contributed by atoms with Crippen LogP contribution >= 0.6 is 23.4 Å². The summed E-state index contributed by atoms with van der Waals surface area (Å²) in [5.41, 5.74) is 8.83. The molecule has 0 spiro atoms. The lowest BCUT2D eigenvalue weighted by Gasteiger charge is -2.15. The van der Waals surface area contributed by atoms with Crippen LogP contribution in [0.2, 0.25) is 5.02 Å². The number of hydrogen-bond acceptors (Lipinski definition) is 4. The molecule has 0 aliphatic heterocycles. The fourth-order valence-electron chi connectivity index (χ4n) is 2.44. The van der Waals surface area contributed by atoms with E-state index in [1.807, 2.05) is 24.3 Å². The molecule has 0 bridgehead atoms. The molecular formula is C15H15ClN2OS. The summed E-state index contributed by atoms with van der Waals surface area (Å²) in [5, 5.41) is 1.90. The van der Waals surface area contributed by atoms with Crippen molar-refractivity contribution in [2.45, 2.75) is 22.7 Å². The number of ether oxygens (including phenoxy) is 1. The lowest BCUT2D eigenvalue weighted by atomic mass is 10.1. The Balaban J connectivity index is 1.79. The van der Waals surface area contributed by atoms with Gasteiger partial charge in [-0.1, -0.05) is 17.7 Å². The molecule has 0 saturated carbocycles. The maximum Gasteiger partial charge on any atom is 0.119 e. The van der Waals surface area contributed by atoms with Gasteiger partial charge in [-0.05, 0) is 41.8 Å². The highest BCUT2D eigenvalue weighted by Gasteiger charge is 2.31. The van der Waals surface area contributed by atoms with E-state index in [0.717, 1.165) is 17.2 Å². The number of hydrogen-bond donors (Lipinski definition) is 1. The quantitative estimate of drug-likeness (QED) is 0.943. The SMILES string of the molecule is COc1ccc2c(c1)C(N)C(Sc1ccc(Cl)cn1)C2. The number of halogens is 1. The van der Waals surface area contributed by atoms with Gasteiger partial charge in [-0.15, -0.1) is 11.8 Å². The highest BCUT2D eigenvalue weighted by atomic mass is 35.5. The molecule has 1 aromatic heterocycles. The van der Waals surface area contributed by atoms with Gasteiger partial charge in [0.15, 0.2) is 0 Å². The zero-order valence-corrected chi connectivity index (χ0v) is 12.6. The molecule has 20 heavy (non-hydrogen) atoms. The van der Waals surface area contributed by atoms with Crippen molar-refractivity contribution < 1.29 is 4.74 Å². The molecule has 2 N–H and O–H groups in total. The van der Waals surface area contributed by atoms with Gasteiger partial charge >= 0.3 is 0 Å². The molecule has 0 radical (unpaired) electrons. The highest BCUT2D eigenvalue weighted by Crippen LogP contribution is 2.40. The van der Waals surface area contributed by atoms with E-state index < -0.39 is 0 Å². The molecule has 0 saturated heterocycles. The molecule has 1 aliphatic rings. The third-order valence-corrected chi connectivity index (χ3v) is 4.98. The molecule has 1 aromatic carbocycles. The average Bonchev–Trinajstić information content (AvgIpc) is 2.77. The van der Waals surface area contributed by atoms with Gasteiger partial charge in [0.05, 0.1) is 17.2 Å². The Labute approximate surface area is 127 Å². The number of fused-ring (bicyclic) bond motifs is 1. The summed E-state index contributed by atoms with van der Waals surface area (Å²) in [7, 11) is 1.67. The van der Waals surface area contributed by atoms with Crippen LogP contribution in [0.15, 0.2) is 41.6 Å². The first kappa shape index (κ1) is 13.7. The van der Waals surface area contributed by atoms with Gasteiger partial charge in [0, 0.05) is 17.5 Å². The van der Waals surface area contributed by atoms with Gasteiger partial charge in [0.2, 0.25) is 0 Å². The van der Waals surface area contributed by atoms with Crippen molar-refractivity contribution in [2.24, 2.45) is 5.73 Å². The normalized spacial score (nSPS) is 20.8. The number of nitrogens with two attached hydrogens (primary N) is 1. The molecule has 2 aromatic rings. The Morgan fingerprint density at radius 1 is 1.35 bits per heavy atom. The maximum atomic E-state index is 6.36. The van der Waals surface area contributed by atoms with Crippen molar-refractivity contribution in [3.05, 3.63) is 52.7 Å². The van der Waals surface area contributed by atoms with E-state index in [9.17, 15) is 0 Å². The summed E-state index contributed by atoms with van der Waals surface area (Å²) in [6, 6.07) is 9.91. The number of aromatic nitrogens is 1. The Morgan fingerprint density at radius 3 is 2.90 bits per heavy atom. The van der Waals surface area contributed by atoms with Crippen LogP contribution in [0.25, 0.3) is 0 Å². The van der Waals surface area contributed by atoms with Gasteiger partial charge in [-0.2, -0.15) is 0 Å². The Kier molecular flexibility index (Phi) is 3.87. The van der Waals surface area contributed by atoms with Crippen LogP contribution in [0.1, 0.15) is 17.2 Å². The van der Waals surface area contributed by atoms with E-state index in [1.54, 1.807) is 25.1 Å². The first-order chi connectivity index (χ1) is 9.67. The van der Waals surface area contributed by atoms with Gasteiger partial charge in [-0.3, -0.25) is 0 Å². The standard InChI is InChI=1S/C15H15ClN2OS/c1-19-11-4-2-9-6-13(15(17)12(9)7-11)20-14-5-3-10(16)8-18-14/h2-5,7-8,13,15H,6,17H2,1H3. The van der Waals surface area contributed by atoms with Gasteiger partial charge < -0.3 is 10.5 Å². The lowest BCUT2D eigenvalue weighted by Crippen LogP contribution is -2.19. The Morgan fingerprint density at radius 2 is 2.20 bits per heavy atom. The molecule has 1 aliphatic carbocycles. The number of rotatable bonds is 3. The third-order valence-electron chi connectivity index (χ3n) is 3.51. The number of pyridine rings is 1. The van der Waals surface area contributed by atoms with Crippen molar-refractivity contribution in [1.82, 2.24) is 4.98 Å². The minimum atomic E-state index is 0.00239. The van der Waals surface area contributed by atoms with Crippen LogP contribution in [0, 0.1) is 0 Å². The van der Waals surface area contributed by atoms with Crippen LogP contribution < -0.4 is 10.5 Å². The highest BCUT2D eigenvalue weighted by molar-refractivity contribution is 7.99. The minimum absolute atomic E-state index is 0.00239. The molecule has 3 rings (SSSR count). The number of nitrogens with zero attached hydrogens (tertiary/aromatic N) is 1. The maximum absolute atomic E-state index is 6.36. The zero-order chi connectivity index (χ0) is 14.1. The van der Waals surface area contributed by atoms with Crippen molar-refractivity contribution in [1.29, 1.82) is 0 Å². The molecule has 2 atom stereocenters. The second-order valence-corrected chi connectivity index (χ2v) is 6.46. The average molecular weight is 307 g/mol. The second-order valence-electron chi connectivity index (χ2n) is 4.77. The van der Waals surface area contributed by atoms with Gasteiger partial charge in [-0.25, -0.2) is 4.98 Å². The lowest BCUT2D eigenvalue weighted by molar-refractivity contribution is 0.414. The second kappa shape index (κ2) is 5.64. The van der Waals surface area contributed by atoms with Crippen molar-refractivity contribution in [2.75, 3.05) is 7.11 Å². The van der Waals surface area contributed by atoms with E-state index in [2.05, 4.69) is 11.1 Å². The van der Waals surface area contributed by atoms with E-state index in [1.165, 1.54) is 11.1 Å².